The van der Waals surface area contributed by atoms with E-state index < -0.39 is 0 Å². The van der Waals surface area contributed by atoms with Gasteiger partial charge in [0, 0.05) is 10.7 Å². The van der Waals surface area contributed by atoms with E-state index in [1.807, 2.05) is 13.0 Å². The van der Waals surface area contributed by atoms with Crippen molar-refractivity contribution in [1.82, 2.24) is 15.2 Å². The number of hydrogen-bond donors (Lipinski definition) is 2. The number of aryl methyl sites for hydroxylation is 1. The van der Waals surface area contributed by atoms with Crippen LogP contribution in [0.5, 0.6) is 0 Å². The maximum absolute atomic E-state index is 13.7. The van der Waals surface area contributed by atoms with E-state index in [1.54, 1.807) is 30.3 Å². The van der Waals surface area contributed by atoms with E-state index in [-0.39, 0.29) is 11.8 Å². The monoisotopic (exact) mass is 329 g/mol. The standard InChI is InChI=1S/C16H13ClFN5/c1-10-6-7-11(17)8-14(10)21-16-22-15(9-19-23-16)20-13-5-3-2-4-12(13)18/h2-9H,1H3,(H2,20,21,22,23). The van der Waals surface area contributed by atoms with Crippen LogP contribution in [0.3, 0.4) is 0 Å². The van der Waals surface area contributed by atoms with E-state index in [4.69, 9.17) is 11.6 Å². The second-order valence-electron chi connectivity index (χ2n) is 4.85. The summed E-state index contributed by atoms with van der Waals surface area (Å²) in [6.45, 7) is 1.94. The van der Waals surface area contributed by atoms with Gasteiger partial charge in [0.25, 0.3) is 0 Å². The topological polar surface area (TPSA) is 62.7 Å². The molecule has 0 atom stereocenters. The largest absolute Gasteiger partial charge is 0.336 e. The van der Waals surface area contributed by atoms with Gasteiger partial charge in [-0.1, -0.05) is 29.8 Å². The van der Waals surface area contributed by atoms with E-state index in [2.05, 4.69) is 25.8 Å². The summed E-state index contributed by atoms with van der Waals surface area (Å²) in [7, 11) is 0. The molecule has 0 spiro atoms. The van der Waals surface area contributed by atoms with Crippen LogP contribution in [0.4, 0.5) is 27.5 Å². The zero-order valence-corrected chi connectivity index (χ0v) is 13.0. The Morgan fingerprint density at radius 1 is 1.04 bits per heavy atom. The van der Waals surface area contributed by atoms with Crippen molar-refractivity contribution in [1.29, 1.82) is 0 Å². The second kappa shape index (κ2) is 6.58. The minimum atomic E-state index is -0.369. The van der Waals surface area contributed by atoms with Gasteiger partial charge in [-0.05, 0) is 36.8 Å². The third-order valence-corrected chi connectivity index (χ3v) is 3.38. The minimum absolute atomic E-state index is 0.289. The fraction of sp³-hybridized carbons (Fsp3) is 0.0625. The first-order chi connectivity index (χ1) is 11.1. The Balaban J connectivity index is 1.83. The van der Waals surface area contributed by atoms with Crippen molar-refractivity contribution in [3.8, 4) is 0 Å². The molecule has 1 aromatic heterocycles. The zero-order valence-electron chi connectivity index (χ0n) is 12.2. The summed E-state index contributed by atoms with van der Waals surface area (Å²) in [5, 5.41) is 14.3. The smallest absolute Gasteiger partial charge is 0.249 e. The van der Waals surface area contributed by atoms with Crippen LogP contribution in [0.1, 0.15) is 5.56 Å². The summed E-state index contributed by atoms with van der Waals surface area (Å²) in [6, 6.07) is 11.8. The summed E-state index contributed by atoms with van der Waals surface area (Å²) in [4.78, 5) is 4.27. The van der Waals surface area contributed by atoms with E-state index >= 15 is 0 Å². The molecule has 5 nitrogen and oxygen atoms in total. The van der Waals surface area contributed by atoms with Gasteiger partial charge in [0.1, 0.15) is 5.82 Å². The summed E-state index contributed by atoms with van der Waals surface area (Å²) in [5.41, 5.74) is 2.09. The molecular formula is C16H13ClFN5. The molecule has 0 aliphatic heterocycles. The highest BCUT2D eigenvalue weighted by Gasteiger charge is 2.06. The number of halogens is 2. The predicted molar refractivity (Wildman–Crippen MR) is 89.0 cm³/mol. The van der Waals surface area contributed by atoms with Crippen molar-refractivity contribution < 1.29 is 4.39 Å². The maximum Gasteiger partial charge on any atom is 0.249 e. The number of nitrogens with one attached hydrogen (secondary N) is 2. The number of aromatic nitrogens is 3. The molecule has 2 N–H and O–H groups in total. The lowest BCUT2D eigenvalue weighted by Crippen LogP contribution is -2.03. The molecular weight excluding hydrogens is 317 g/mol. The first-order valence-electron chi connectivity index (χ1n) is 6.86. The lowest BCUT2D eigenvalue weighted by Gasteiger charge is -2.10. The van der Waals surface area contributed by atoms with E-state index in [9.17, 15) is 4.39 Å². The Hall–Kier alpha value is -2.73. The molecule has 7 heteroatoms. The second-order valence-corrected chi connectivity index (χ2v) is 5.29. The van der Waals surface area contributed by atoms with E-state index in [0.717, 1.165) is 11.3 Å². The molecule has 3 aromatic rings. The van der Waals surface area contributed by atoms with Gasteiger partial charge in [-0.3, -0.25) is 0 Å². The summed E-state index contributed by atoms with van der Waals surface area (Å²) >= 11 is 5.99. The van der Waals surface area contributed by atoms with Crippen LogP contribution < -0.4 is 10.6 Å². The van der Waals surface area contributed by atoms with Gasteiger partial charge in [-0.25, -0.2) is 4.39 Å². The molecule has 0 saturated heterocycles. The van der Waals surface area contributed by atoms with Gasteiger partial charge in [0.15, 0.2) is 5.82 Å². The van der Waals surface area contributed by atoms with Crippen molar-refractivity contribution in [3.05, 3.63) is 65.1 Å². The first kappa shape index (κ1) is 15.2. The summed E-state index contributed by atoms with van der Waals surface area (Å²) in [6.07, 6.45) is 1.42. The number of nitrogens with zero attached hydrogens (tertiary/aromatic N) is 3. The Kier molecular flexibility index (Phi) is 4.34. The van der Waals surface area contributed by atoms with Gasteiger partial charge in [-0.15, -0.1) is 5.10 Å². The SMILES string of the molecule is Cc1ccc(Cl)cc1Nc1nncc(Nc2ccccc2F)n1. The molecule has 0 radical (unpaired) electrons. The fourth-order valence-electron chi connectivity index (χ4n) is 1.97. The summed E-state index contributed by atoms with van der Waals surface area (Å²) < 4.78 is 13.7. The predicted octanol–water partition coefficient (Wildman–Crippen LogP) is 4.46. The van der Waals surface area contributed by atoms with Gasteiger partial charge in [0.2, 0.25) is 5.95 Å². The Morgan fingerprint density at radius 3 is 2.70 bits per heavy atom. The van der Waals surface area contributed by atoms with Crippen molar-refractivity contribution >= 4 is 34.7 Å². The molecule has 0 saturated carbocycles. The quantitative estimate of drug-likeness (QED) is 0.740. The first-order valence-corrected chi connectivity index (χ1v) is 7.24. The van der Waals surface area contributed by atoms with Gasteiger partial charge in [0.05, 0.1) is 11.9 Å². The van der Waals surface area contributed by atoms with Crippen molar-refractivity contribution in [2.45, 2.75) is 6.92 Å². The third kappa shape index (κ3) is 3.73. The van der Waals surface area contributed by atoms with Crippen LogP contribution in [0.25, 0.3) is 0 Å². The highest BCUT2D eigenvalue weighted by molar-refractivity contribution is 6.30. The molecule has 1 heterocycles. The molecule has 0 bridgehead atoms. The number of anilines is 4. The lowest BCUT2D eigenvalue weighted by molar-refractivity contribution is 0.632. The molecule has 116 valence electrons. The zero-order chi connectivity index (χ0) is 16.2. The van der Waals surface area contributed by atoms with Gasteiger partial charge < -0.3 is 10.6 Å². The normalized spacial score (nSPS) is 10.4. The van der Waals surface area contributed by atoms with Gasteiger partial charge in [-0.2, -0.15) is 10.1 Å². The van der Waals surface area contributed by atoms with Crippen LogP contribution in [-0.2, 0) is 0 Å². The number of hydrogen-bond acceptors (Lipinski definition) is 5. The number of rotatable bonds is 4. The van der Waals surface area contributed by atoms with Crippen molar-refractivity contribution in [2.75, 3.05) is 10.6 Å². The molecule has 23 heavy (non-hydrogen) atoms. The van der Waals surface area contributed by atoms with Crippen molar-refractivity contribution in [2.24, 2.45) is 0 Å². The van der Waals surface area contributed by atoms with Gasteiger partial charge >= 0.3 is 0 Å². The third-order valence-electron chi connectivity index (χ3n) is 3.14. The Morgan fingerprint density at radius 2 is 1.87 bits per heavy atom. The number of para-hydroxylation sites is 1. The minimum Gasteiger partial charge on any atom is -0.336 e. The Bertz CT molecular complexity index is 840. The molecule has 0 aliphatic carbocycles. The van der Waals surface area contributed by atoms with Crippen LogP contribution in [0.2, 0.25) is 5.02 Å². The van der Waals surface area contributed by atoms with Crippen LogP contribution in [0.15, 0.2) is 48.7 Å². The average Bonchev–Trinajstić information content (AvgIpc) is 2.54. The van der Waals surface area contributed by atoms with Crippen LogP contribution in [0, 0.1) is 12.7 Å². The lowest BCUT2D eigenvalue weighted by atomic mass is 10.2. The van der Waals surface area contributed by atoms with E-state index in [1.165, 1.54) is 12.3 Å². The molecule has 0 fully saturated rings. The molecule has 2 aromatic carbocycles. The molecule has 0 aliphatic rings. The van der Waals surface area contributed by atoms with E-state index in [0.29, 0.717) is 16.5 Å². The summed E-state index contributed by atoms with van der Waals surface area (Å²) in [5.74, 6) is 0.301. The maximum atomic E-state index is 13.7. The van der Waals surface area contributed by atoms with Crippen molar-refractivity contribution in [3.63, 3.8) is 0 Å². The van der Waals surface area contributed by atoms with Crippen LogP contribution in [-0.4, -0.2) is 15.2 Å². The molecule has 0 unspecified atom stereocenters. The van der Waals surface area contributed by atoms with Crippen LogP contribution >= 0.6 is 11.6 Å². The molecule has 3 rings (SSSR count). The molecule has 0 amide bonds. The number of benzene rings is 2. The highest BCUT2D eigenvalue weighted by atomic mass is 35.5. The Labute approximate surface area is 137 Å². The fourth-order valence-corrected chi connectivity index (χ4v) is 2.14. The highest BCUT2D eigenvalue weighted by Crippen LogP contribution is 2.23. The average molecular weight is 330 g/mol.